The summed E-state index contributed by atoms with van der Waals surface area (Å²) < 4.78 is 218. The summed E-state index contributed by atoms with van der Waals surface area (Å²) in [5.41, 5.74) is -3.76. The molecule has 1 nitrogen and oxygen atoms in total. The van der Waals surface area contributed by atoms with Gasteiger partial charge in [-0.3, -0.25) is 0 Å². The lowest BCUT2D eigenvalue weighted by molar-refractivity contribution is 0.669. The van der Waals surface area contributed by atoms with Gasteiger partial charge in [0.2, 0.25) is 0 Å². The largest absolute Gasteiger partial charge is 0.456 e. The van der Waals surface area contributed by atoms with Crippen molar-refractivity contribution < 1.29 is 37.3 Å². The molecule has 0 saturated carbocycles. The van der Waals surface area contributed by atoms with Gasteiger partial charge in [-0.25, -0.2) is 0 Å². The third-order valence-corrected chi connectivity index (χ3v) is 7.45. The van der Waals surface area contributed by atoms with Crippen LogP contribution in [0, 0.1) is 0 Å². The molecule has 0 atom stereocenters. The van der Waals surface area contributed by atoms with Gasteiger partial charge in [-0.15, -0.1) is 0 Å². The third-order valence-electron chi connectivity index (χ3n) is 7.45. The lowest BCUT2D eigenvalue weighted by atomic mass is 9.85. The van der Waals surface area contributed by atoms with Crippen molar-refractivity contribution in [1.29, 1.82) is 0 Å². The summed E-state index contributed by atoms with van der Waals surface area (Å²) in [6, 6.07) is -13.4. The zero-order chi connectivity index (χ0) is 50.6. The highest BCUT2D eigenvalue weighted by atomic mass is 16.3. The van der Waals surface area contributed by atoms with Gasteiger partial charge in [-0.1, -0.05) is 151 Å². The van der Waals surface area contributed by atoms with Gasteiger partial charge in [0, 0.05) is 10.8 Å². The quantitative estimate of drug-likeness (QED) is 0.184. The van der Waals surface area contributed by atoms with E-state index in [4.69, 9.17) is 30.5 Å². The van der Waals surface area contributed by atoms with Crippen LogP contribution in [-0.2, 0) is 0 Å². The summed E-state index contributed by atoms with van der Waals surface area (Å²) >= 11 is 0. The van der Waals surface area contributed by atoms with Crippen LogP contribution in [0.5, 0.6) is 0 Å². The Balaban J connectivity index is 1.52. The van der Waals surface area contributed by atoms with E-state index in [-0.39, 0.29) is 33.0 Å². The van der Waals surface area contributed by atoms with Crippen LogP contribution in [0.15, 0.2) is 174 Å². The Hall–Kier alpha value is -5.92. The molecule has 210 valence electrons. The Kier molecular flexibility index (Phi) is 2.58. The molecule has 1 heteroatoms. The second-order valence-electron chi connectivity index (χ2n) is 9.84. The van der Waals surface area contributed by atoms with Gasteiger partial charge in [0.25, 0.3) is 0 Å². The Morgan fingerprint density at radius 3 is 1.38 bits per heavy atom. The summed E-state index contributed by atoms with van der Waals surface area (Å²) in [5, 5.41) is -2.35. The first-order valence-corrected chi connectivity index (χ1v) is 13.5. The maximum Gasteiger partial charge on any atom is 0.136 e. The fourth-order valence-electron chi connectivity index (χ4n) is 5.66. The van der Waals surface area contributed by atoms with E-state index in [0.29, 0.717) is 0 Å². The van der Waals surface area contributed by atoms with E-state index in [9.17, 15) is 6.85 Å². The number of hydrogen-bond donors (Lipinski definition) is 0. The first-order valence-electron chi connectivity index (χ1n) is 25.5. The molecule has 8 aromatic carbocycles. The maximum atomic E-state index is 9.33. The van der Waals surface area contributed by atoms with Gasteiger partial charge in [0.05, 0.1) is 32.9 Å². The Morgan fingerprint density at radius 2 is 0.822 bits per heavy atom. The Labute approximate surface area is 295 Å². The summed E-state index contributed by atoms with van der Waals surface area (Å²) in [7, 11) is 0. The lowest BCUT2D eigenvalue weighted by Gasteiger charge is -2.18. The zero-order valence-electron chi connectivity index (χ0n) is 46.7. The molecule has 0 aliphatic carbocycles. The molecule has 0 amide bonds. The lowest BCUT2D eigenvalue weighted by Crippen LogP contribution is -1.91. The number of rotatable bonds is 4. The molecule has 9 aromatic rings. The third kappa shape index (κ3) is 4.09. The van der Waals surface area contributed by atoms with Crippen LogP contribution in [-0.4, -0.2) is 0 Å². The molecular weight excluding hydrogens is 544 g/mol. The second-order valence-corrected chi connectivity index (χ2v) is 9.84. The second kappa shape index (κ2) is 10.4. The van der Waals surface area contributed by atoms with Crippen LogP contribution in [0.4, 0.5) is 0 Å². The van der Waals surface area contributed by atoms with Crippen molar-refractivity contribution in [3.63, 3.8) is 0 Å². The van der Waals surface area contributed by atoms with Crippen LogP contribution in [0.2, 0.25) is 0 Å². The highest BCUT2D eigenvalue weighted by Gasteiger charge is 2.19. The van der Waals surface area contributed by atoms with Crippen molar-refractivity contribution in [2.75, 3.05) is 0 Å². The SMILES string of the molecule is [2H]c1c([2H])c([2H])c(-c2c3c([2H])c([2H])c([2H])c([2H])c3c(-c3cccc(-c4c([2H])c([2H])c([2H])c5oc6c([2H])c([2H])c([2H])c(-c7c([2H])c([2H])c([2H])c([2H])c7[2H])c6c45)c3)c3c([2H])c([2H])c([2H])c([2H])c23)c([2H])c1[2H]. The molecule has 1 aromatic heterocycles. The molecule has 0 bridgehead atoms. The van der Waals surface area contributed by atoms with Crippen molar-refractivity contribution in [2.24, 2.45) is 0 Å². The van der Waals surface area contributed by atoms with E-state index < -0.39 is 200 Å². The van der Waals surface area contributed by atoms with Crippen molar-refractivity contribution in [1.82, 2.24) is 0 Å². The van der Waals surface area contributed by atoms with E-state index in [1.807, 2.05) is 0 Å². The van der Waals surface area contributed by atoms with Crippen LogP contribution in [0.25, 0.3) is 88.0 Å². The molecule has 0 spiro atoms. The smallest absolute Gasteiger partial charge is 0.136 e. The van der Waals surface area contributed by atoms with Crippen molar-refractivity contribution in [3.8, 4) is 44.5 Å². The fraction of sp³-hybridized carbons (Fsp3) is 0. The van der Waals surface area contributed by atoms with Crippen LogP contribution >= 0.6 is 0 Å². The molecule has 45 heavy (non-hydrogen) atoms. The van der Waals surface area contributed by atoms with Crippen molar-refractivity contribution in [3.05, 3.63) is 169 Å². The maximum absolute atomic E-state index is 9.33. The van der Waals surface area contributed by atoms with E-state index in [1.165, 1.54) is 24.3 Å². The van der Waals surface area contributed by atoms with Gasteiger partial charge in [0.1, 0.15) is 11.2 Å². The molecule has 0 fully saturated rings. The topological polar surface area (TPSA) is 13.1 Å². The molecule has 9 rings (SSSR count). The highest BCUT2D eigenvalue weighted by Crippen LogP contribution is 2.46. The van der Waals surface area contributed by atoms with Gasteiger partial charge < -0.3 is 4.42 Å². The van der Waals surface area contributed by atoms with Gasteiger partial charge >= 0.3 is 0 Å². The molecule has 0 unspecified atom stereocenters. The van der Waals surface area contributed by atoms with Gasteiger partial charge in [-0.2, -0.15) is 0 Å². The minimum atomic E-state index is -0.841. The van der Waals surface area contributed by atoms with Crippen LogP contribution < -0.4 is 0 Å². The van der Waals surface area contributed by atoms with Crippen molar-refractivity contribution >= 4 is 43.5 Å². The molecular formula is C44H28O. The van der Waals surface area contributed by atoms with E-state index in [0.717, 1.165) is 0 Å². The standard InChI is InChI=1S/C44H28O/c1-3-14-29(15-4-1)33-24-12-26-39-43(33)44-34(25-13-27-40(44)45-39)31-18-11-19-32(28-31)42-37-22-9-7-20-35(37)41(30-16-5-2-6-17-30)36-21-8-10-23-38(36)42/h1-28H/i1D,2D,3D,4D,5D,6D,7D,8D,9D,10D,12D,13D,14D,15D,16D,17D,20D,21D,22D,23D,24D,25D,26D,27D. The number of fused-ring (bicyclic) bond motifs is 5. The Bertz CT molecular complexity index is 3750. The molecule has 0 aliphatic rings. The summed E-state index contributed by atoms with van der Waals surface area (Å²) in [6.07, 6.45) is 0. The molecule has 0 saturated heterocycles. The van der Waals surface area contributed by atoms with Gasteiger partial charge in [-0.05, 0) is 84.2 Å². The summed E-state index contributed by atoms with van der Waals surface area (Å²) in [5.74, 6) is 0. The Morgan fingerprint density at radius 1 is 0.378 bits per heavy atom. The van der Waals surface area contributed by atoms with Gasteiger partial charge in [0.15, 0.2) is 0 Å². The highest BCUT2D eigenvalue weighted by molar-refractivity contribution is 6.22. The first kappa shape index (κ1) is 11.2. The van der Waals surface area contributed by atoms with Crippen molar-refractivity contribution in [2.45, 2.75) is 0 Å². The van der Waals surface area contributed by atoms with Crippen LogP contribution in [0.1, 0.15) is 32.9 Å². The summed E-state index contributed by atoms with van der Waals surface area (Å²) in [6.45, 7) is 0. The normalized spacial score (nSPS) is 19.0. The monoisotopic (exact) mass is 596 g/mol. The number of benzene rings is 8. The fourth-order valence-corrected chi connectivity index (χ4v) is 5.66. The van der Waals surface area contributed by atoms with E-state index in [1.54, 1.807) is 0 Å². The molecule has 0 radical (unpaired) electrons. The summed E-state index contributed by atoms with van der Waals surface area (Å²) in [4.78, 5) is 0. The zero-order valence-corrected chi connectivity index (χ0v) is 22.7. The predicted octanol–water partition coefficient (Wildman–Crippen LogP) is 12.6. The number of furan rings is 1. The average molecular weight is 597 g/mol. The first-order chi connectivity index (χ1) is 32.3. The minimum absolute atomic E-state index is 0.0450. The minimum Gasteiger partial charge on any atom is -0.456 e. The average Bonchev–Trinajstić information content (AvgIpc) is 3.72. The van der Waals surface area contributed by atoms with E-state index >= 15 is 0 Å². The predicted molar refractivity (Wildman–Crippen MR) is 190 cm³/mol. The van der Waals surface area contributed by atoms with E-state index in [2.05, 4.69) is 0 Å². The molecule has 1 heterocycles. The molecule has 0 aliphatic heterocycles. The number of hydrogen-bond acceptors (Lipinski definition) is 1. The van der Waals surface area contributed by atoms with Crippen LogP contribution in [0.3, 0.4) is 0 Å². The molecule has 0 N–H and O–H groups in total.